The highest BCUT2D eigenvalue weighted by molar-refractivity contribution is 5.90. The predicted octanol–water partition coefficient (Wildman–Crippen LogP) is 2.06. The van der Waals surface area contributed by atoms with Crippen LogP contribution >= 0.6 is 0 Å². The second-order valence-corrected chi connectivity index (χ2v) is 13.0. The maximum Gasteiger partial charge on any atom is 0.242 e. The van der Waals surface area contributed by atoms with Crippen molar-refractivity contribution in [3.63, 3.8) is 0 Å². The van der Waals surface area contributed by atoms with Crippen LogP contribution in [-0.4, -0.2) is 88.7 Å². The lowest BCUT2D eigenvalue weighted by atomic mass is 9.82. The summed E-state index contributed by atoms with van der Waals surface area (Å²) in [6.45, 7) is 6.45. The first kappa shape index (κ1) is 34.0. The first-order chi connectivity index (χ1) is 20.7. The number of nitrogens with one attached hydrogen (secondary N) is 1. The smallest absolute Gasteiger partial charge is 0.242 e. The van der Waals surface area contributed by atoms with Crippen LogP contribution in [-0.2, 0) is 37.7 Å². The summed E-state index contributed by atoms with van der Waals surface area (Å²) in [5.74, 6) is -2.25. The molecule has 242 valence electrons. The van der Waals surface area contributed by atoms with Crippen molar-refractivity contribution >= 4 is 11.8 Å². The van der Waals surface area contributed by atoms with Gasteiger partial charge in [0.05, 0.1) is 6.61 Å². The molecule has 2 fully saturated rings. The summed E-state index contributed by atoms with van der Waals surface area (Å²) in [5, 5.41) is 35.1. The molecule has 0 aromatic heterocycles. The second kappa shape index (κ2) is 13.6. The normalized spacial score (nSPS) is 27.7. The van der Waals surface area contributed by atoms with Gasteiger partial charge < -0.3 is 40.7 Å². The Bertz CT molecular complexity index is 1320. The summed E-state index contributed by atoms with van der Waals surface area (Å²) in [6, 6.07) is 14.0. The Labute approximate surface area is 260 Å². The molecule has 0 aliphatic carbocycles. The number of amides is 2. The van der Waals surface area contributed by atoms with Crippen LogP contribution in [0.15, 0.2) is 42.5 Å². The number of aryl methyl sites for hydroxylation is 2. The van der Waals surface area contributed by atoms with Crippen LogP contribution in [0.4, 0.5) is 0 Å². The van der Waals surface area contributed by atoms with E-state index in [1.54, 1.807) is 6.92 Å². The lowest BCUT2D eigenvalue weighted by Gasteiger charge is -2.46. The number of nitrogens with zero attached hydrogens (tertiary/aromatic N) is 1. The molecule has 2 saturated heterocycles. The fourth-order valence-electron chi connectivity index (χ4n) is 6.23. The van der Waals surface area contributed by atoms with Crippen LogP contribution in [0.2, 0.25) is 0 Å². The number of aliphatic hydroxyl groups excluding tert-OH is 3. The number of aliphatic hydroxyl groups is 3. The summed E-state index contributed by atoms with van der Waals surface area (Å²) >= 11 is 0. The van der Waals surface area contributed by atoms with Crippen LogP contribution < -0.4 is 11.1 Å². The number of primary amides is 1. The first-order valence-electron chi connectivity index (χ1n) is 15.6. The molecule has 2 amide bonds. The minimum absolute atomic E-state index is 0.0757. The number of fused-ring (bicyclic) bond motifs is 2. The molecule has 2 aliphatic heterocycles. The highest BCUT2D eigenvalue weighted by Crippen LogP contribution is 2.51. The van der Waals surface area contributed by atoms with Gasteiger partial charge in [-0.2, -0.15) is 0 Å². The molecule has 0 saturated carbocycles. The zero-order chi connectivity index (χ0) is 32.3. The van der Waals surface area contributed by atoms with Gasteiger partial charge in [0, 0.05) is 12.0 Å². The summed E-state index contributed by atoms with van der Waals surface area (Å²) in [4.78, 5) is 26.7. The molecule has 2 heterocycles. The number of benzene rings is 2. The minimum Gasteiger partial charge on any atom is -0.387 e. The molecule has 0 spiro atoms. The molecule has 2 aromatic carbocycles. The van der Waals surface area contributed by atoms with E-state index in [4.69, 9.17) is 15.2 Å². The Morgan fingerprint density at radius 1 is 1.07 bits per heavy atom. The van der Waals surface area contributed by atoms with Crippen molar-refractivity contribution in [3.05, 3.63) is 70.3 Å². The van der Waals surface area contributed by atoms with Crippen LogP contribution in [0.25, 0.3) is 0 Å². The van der Waals surface area contributed by atoms with Gasteiger partial charge in [-0.15, -0.1) is 0 Å². The Morgan fingerprint density at radius 3 is 2.39 bits per heavy atom. The lowest BCUT2D eigenvalue weighted by Crippen LogP contribution is -2.64. The minimum atomic E-state index is -1.55. The topological polar surface area (TPSA) is 155 Å². The molecule has 10 heteroatoms. The standard InChI is InChI=1S/C34H49N3O7/c1-6-33-21-43-34(44-33,30(41)28(39)29(33)40)26-16-11-22(2)25(20-26)19-24-14-12-23(13-15-24)9-7-10-27(38)36-32(3,31(35)42)17-8-18-37(4)5/h11-16,20,28-30,39-41H,6-10,17-19,21H2,1-5H3,(H2,35,42)(H,36,38)/t28-,29-,30+,32?,33-,34-/m0/s1. The van der Waals surface area contributed by atoms with Gasteiger partial charge in [0.1, 0.15) is 29.5 Å². The highest BCUT2D eigenvalue weighted by atomic mass is 16.8. The second-order valence-electron chi connectivity index (χ2n) is 13.0. The van der Waals surface area contributed by atoms with Gasteiger partial charge in [0.25, 0.3) is 0 Å². The number of nitrogens with two attached hydrogens (primary N) is 1. The van der Waals surface area contributed by atoms with Gasteiger partial charge in [-0.05, 0) is 101 Å². The van der Waals surface area contributed by atoms with E-state index in [0.717, 1.165) is 41.6 Å². The van der Waals surface area contributed by atoms with Gasteiger partial charge in [-0.3, -0.25) is 9.59 Å². The fraction of sp³-hybridized carbons (Fsp3) is 0.588. The average molecular weight is 612 g/mol. The number of hydrogen-bond donors (Lipinski definition) is 5. The molecule has 1 unspecified atom stereocenters. The zero-order valence-corrected chi connectivity index (χ0v) is 26.6. The number of rotatable bonds is 14. The van der Waals surface area contributed by atoms with Gasteiger partial charge in [-0.1, -0.05) is 43.3 Å². The molecule has 2 bridgehead atoms. The quantitative estimate of drug-likeness (QED) is 0.218. The SMILES string of the molecule is CC[C@@]12CO[C@@](c3ccc(C)c(Cc4ccc(CCCC(=O)NC(C)(CCCN(C)C)C(N)=O)cc4)c3)(O1)[C@H](O)[C@@H](O)[C@@H]2O. The van der Waals surface area contributed by atoms with Crippen molar-refractivity contribution in [3.8, 4) is 0 Å². The largest absolute Gasteiger partial charge is 0.387 e. The van der Waals surface area contributed by atoms with Crippen molar-refractivity contribution in [1.29, 1.82) is 0 Å². The zero-order valence-electron chi connectivity index (χ0n) is 26.6. The Morgan fingerprint density at radius 2 is 1.75 bits per heavy atom. The van der Waals surface area contributed by atoms with Crippen molar-refractivity contribution in [2.75, 3.05) is 27.2 Å². The Kier molecular flexibility index (Phi) is 10.5. The van der Waals surface area contributed by atoms with E-state index in [1.165, 1.54) is 0 Å². The van der Waals surface area contributed by atoms with E-state index in [0.29, 0.717) is 37.7 Å². The summed E-state index contributed by atoms with van der Waals surface area (Å²) in [7, 11) is 3.92. The van der Waals surface area contributed by atoms with Gasteiger partial charge in [-0.25, -0.2) is 0 Å². The van der Waals surface area contributed by atoms with Crippen molar-refractivity contribution < 1.29 is 34.4 Å². The monoisotopic (exact) mass is 611 g/mol. The van der Waals surface area contributed by atoms with Crippen LogP contribution in [0.3, 0.4) is 0 Å². The molecular weight excluding hydrogens is 562 g/mol. The molecule has 2 aliphatic rings. The Hall–Kier alpha value is -2.86. The number of carbonyl (C=O) groups is 2. The summed E-state index contributed by atoms with van der Waals surface area (Å²) in [5.41, 5.74) is 8.37. The number of hydrogen-bond acceptors (Lipinski definition) is 8. The maximum absolute atomic E-state index is 12.6. The highest BCUT2D eigenvalue weighted by Gasteiger charge is 2.66. The van der Waals surface area contributed by atoms with E-state index < -0.39 is 41.1 Å². The van der Waals surface area contributed by atoms with Gasteiger partial charge >= 0.3 is 0 Å². The predicted molar refractivity (Wildman–Crippen MR) is 167 cm³/mol. The van der Waals surface area contributed by atoms with Crippen LogP contribution in [0, 0.1) is 6.92 Å². The Balaban J connectivity index is 1.35. The lowest BCUT2D eigenvalue weighted by molar-refractivity contribution is -0.325. The third-order valence-corrected chi connectivity index (χ3v) is 9.34. The van der Waals surface area contributed by atoms with E-state index in [9.17, 15) is 24.9 Å². The molecule has 6 N–H and O–H groups in total. The average Bonchev–Trinajstić information content (AvgIpc) is 3.37. The van der Waals surface area contributed by atoms with Crippen LogP contribution in [0.5, 0.6) is 0 Å². The molecule has 0 radical (unpaired) electrons. The van der Waals surface area contributed by atoms with E-state index >= 15 is 0 Å². The van der Waals surface area contributed by atoms with E-state index in [1.807, 2.05) is 51.0 Å². The van der Waals surface area contributed by atoms with Crippen molar-refractivity contribution in [1.82, 2.24) is 10.2 Å². The molecular formula is C34H49N3O7. The maximum atomic E-state index is 12.6. The van der Waals surface area contributed by atoms with E-state index in [-0.39, 0.29) is 12.5 Å². The summed E-state index contributed by atoms with van der Waals surface area (Å²) in [6.07, 6.45) is -0.113. The molecule has 6 atom stereocenters. The van der Waals surface area contributed by atoms with Gasteiger partial charge in [0.2, 0.25) is 17.6 Å². The molecule has 2 aromatic rings. The third-order valence-electron chi connectivity index (χ3n) is 9.34. The molecule has 4 rings (SSSR count). The summed E-state index contributed by atoms with van der Waals surface area (Å²) < 4.78 is 12.3. The first-order valence-corrected chi connectivity index (χ1v) is 15.6. The third kappa shape index (κ3) is 7.01. The molecule has 44 heavy (non-hydrogen) atoms. The van der Waals surface area contributed by atoms with Crippen molar-refractivity contribution in [2.24, 2.45) is 5.73 Å². The van der Waals surface area contributed by atoms with Crippen molar-refractivity contribution in [2.45, 2.75) is 101 Å². The molecule has 10 nitrogen and oxygen atoms in total. The van der Waals surface area contributed by atoms with Gasteiger partial charge in [0.15, 0.2) is 0 Å². The fourth-order valence-corrected chi connectivity index (χ4v) is 6.23. The number of ether oxygens (including phenoxy) is 2. The van der Waals surface area contributed by atoms with Crippen LogP contribution in [0.1, 0.15) is 73.8 Å². The number of carbonyl (C=O) groups excluding carboxylic acids is 2. The van der Waals surface area contributed by atoms with E-state index in [2.05, 4.69) is 29.6 Å².